The molecule has 0 aliphatic rings. The molecule has 4 nitrogen and oxygen atoms in total. The van der Waals surface area contributed by atoms with Crippen molar-refractivity contribution in [3.63, 3.8) is 0 Å². The van der Waals surface area contributed by atoms with Crippen LogP contribution >= 0.6 is 0 Å². The van der Waals surface area contributed by atoms with Crippen molar-refractivity contribution >= 4 is 5.91 Å². The highest BCUT2D eigenvalue weighted by molar-refractivity contribution is 5.77. The van der Waals surface area contributed by atoms with Crippen LogP contribution in [0.1, 0.15) is 16.7 Å². The fourth-order valence-electron chi connectivity index (χ4n) is 2.18. The van der Waals surface area contributed by atoms with Crippen LogP contribution in [0, 0.1) is 0 Å². The lowest BCUT2D eigenvalue weighted by molar-refractivity contribution is -0.137. The van der Waals surface area contributed by atoms with Crippen LogP contribution in [0.2, 0.25) is 0 Å². The van der Waals surface area contributed by atoms with Crippen molar-refractivity contribution < 1.29 is 27.4 Å². The van der Waals surface area contributed by atoms with E-state index >= 15 is 0 Å². The number of ether oxygens (including phenoxy) is 2. The zero-order valence-electron chi connectivity index (χ0n) is 13.6. The SMILES string of the molecule is COCc1ccccc1CNC(=O)COc1cccc(C(F)(F)F)c1. The van der Waals surface area contributed by atoms with Gasteiger partial charge >= 0.3 is 6.18 Å². The van der Waals surface area contributed by atoms with Crippen molar-refractivity contribution in [2.75, 3.05) is 13.7 Å². The van der Waals surface area contributed by atoms with E-state index < -0.39 is 17.6 Å². The molecule has 0 fully saturated rings. The summed E-state index contributed by atoms with van der Waals surface area (Å²) in [6.07, 6.45) is -4.45. The zero-order chi connectivity index (χ0) is 18.3. The molecule has 134 valence electrons. The highest BCUT2D eigenvalue weighted by atomic mass is 19.4. The minimum absolute atomic E-state index is 0.00948. The fourth-order valence-corrected chi connectivity index (χ4v) is 2.18. The van der Waals surface area contributed by atoms with E-state index in [1.165, 1.54) is 12.1 Å². The Kier molecular flexibility index (Phi) is 6.41. The number of hydrogen-bond donors (Lipinski definition) is 1. The van der Waals surface area contributed by atoms with Gasteiger partial charge in [-0.1, -0.05) is 30.3 Å². The van der Waals surface area contributed by atoms with Crippen LogP contribution < -0.4 is 10.1 Å². The number of halogens is 3. The number of nitrogens with one attached hydrogen (secondary N) is 1. The number of amides is 1. The molecule has 25 heavy (non-hydrogen) atoms. The first-order valence-corrected chi connectivity index (χ1v) is 7.52. The lowest BCUT2D eigenvalue weighted by Crippen LogP contribution is -2.28. The molecule has 0 saturated heterocycles. The highest BCUT2D eigenvalue weighted by Crippen LogP contribution is 2.31. The molecule has 1 N–H and O–H groups in total. The number of methoxy groups -OCH3 is 1. The average molecular weight is 353 g/mol. The molecule has 0 aliphatic carbocycles. The normalized spacial score (nSPS) is 11.2. The smallest absolute Gasteiger partial charge is 0.416 e. The van der Waals surface area contributed by atoms with E-state index in [-0.39, 0.29) is 18.9 Å². The topological polar surface area (TPSA) is 47.6 Å². The summed E-state index contributed by atoms with van der Waals surface area (Å²) in [7, 11) is 1.58. The molecule has 0 spiro atoms. The number of benzene rings is 2. The van der Waals surface area contributed by atoms with Gasteiger partial charge in [-0.15, -0.1) is 0 Å². The van der Waals surface area contributed by atoms with Gasteiger partial charge in [0.15, 0.2) is 6.61 Å². The third-order valence-electron chi connectivity index (χ3n) is 3.43. The summed E-state index contributed by atoms with van der Waals surface area (Å²) in [5, 5.41) is 2.67. The van der Waals surface area contributed by atoms with Crippen molar-refractivity contribution in [2.45, 2.75) is 19.3 Å². The van der Waals surface area contributed by atoms with E-state index in [0.29, 0.717) is 6.61 Å². The molecule has 0 aromatic heterocycles. The molecule has 7 heteroatoms. The lowest BCUT2D eigenvalue weighted by atomic mass is 10.1. The van der Waals surface area contributed by atoms with Crippen LogP contribution in [0.5, 0.6) is 5.75 Å². The van der Waals surface area contributed by atoms with Crippen LogP contribution in [0.25, 0.3) is 0 Å². The summed E-state index contributed by atoms with van der Waals surface area (Å²) in [6, 6.07) is 11.9. The van der Waals surface area contributed by atoms with Gasteiger partial charge in [-0.2, -0.15) is 13.2 Å². The molecule has 1 amide bonds. The molecule has 2 rings (SSSR count). The minimum Gasteiger partial charge on any atom is -0.484 e. The van der Waals surface area contributed by atoms with Gasteiger partial charge < -0.3 is 14.8 Å². The Morgan fingerprint density at radius 2 is 1.80 bits per heavy atom. The predicted molar refractivity (Wildman–Crippen MR) is 85.9 cm³/mol. The highest BCUT2D eigenvalue weighted by Gasteiger charge is 2.30. The Balaban J connectivity index is 1.87. The van der Waals surface area contributed by atoms with Crippen LogP contribution in [-0.4, -0.2) is 19.6 Å². The first-order valence-electron chi connectivity index (χ1n) is 7.52. The second kappa shape index (κ2) is 8.53. The largest absolute Gasteiger partial charge is 0.484 e. The Morgan fingerprint density at radius 1 is 1.08 bits per heavy atom. The van der Waals surface area contributed by atoms with E-state index in [1.807, 2.05) is 24.3 Å². The van der Waals surface area contributed by atoms with Gasteiger partial charge in [0, 0.05) is 13.7 Å². The fraction of sp³-hybridized carbons (Fsp3) is 0.278. The van der Waals surface area contributed by atoms with Gasteiger partial charge in [0.25, 0.3) is 5.91 Å². The molecule has 2 aromatic rings. The molecular weight excluding hydrogens is 335 g/mol. The maximum atomic E-state index is 12.6. The summed E-state index contributed by atoms with van der Waals surface area (Å²) < 4.78 is 48.1. The van der Waals surface area contributed by atoms with E-state index in [0.717, 1.165) is 23.3 Å². The number of alkyl halides is 3. The molecule has 0 bridgehead atoms. The average Bonchev–Trinajstić information content (AvgIpc) is 2.59. The summed E-state index contributed by atoms with van der Waals surface area (Å²) in [5.74, 6) is -0.436. The van der Waals surface area contributed by atoms with Crippen LogP contribution in [0.15, 0.2) is 48.5 Å². The van der Waals surface area contributed by atoms with E-state index in [1.54, 1.807) is 7.11 Å². The molecule has 0 saturated carbocycles. The van der Waals surface area contributed by atoms with Gasteiger partial charge in [0.1, 0.15) is 5.75 Å². The van der Waals surface area contributed by atoms with Crippen molar-refractivity contribution in [1.29, 1.82) is 0 Å². The molecule has 0 atom stereocenters. The zero-order valence-corrected chi connectivity index (χ0v) is 13.6. The quantitative estimate of drug-likeness (QED) is 0.828. The number of carbonyl (C=O) groups excluding carboxylic acids is 1. The van der Waals surface area contributed by atoms with Crippen molar-refractivity contribution in [3.8, 4) is 5.75 Å². The van der Waals surface area contributed by atoms with Gasteiger partial charge in [-0.3, -0.25) is 4.79 Å². The molecule has 0 heterocycles. The Bertz CT molecular complexity index is 717. The van der Waals surface area contributed by atoms with Gasteiger partial charge in [0.05, 0.1) is 12.2 Å². The van der Waals surface area contributed by atoms with Crippen LogP contribution in [-0.2, 0) is 28.9 Å². The van der Waals surface area contributed by atoms with Crippen molar-refractivity contribution in [1.82, 2.24) is 5.32 Å². The third kappa shape index (κ3) is 5.79. The summed E-state index contributed by atoms with van der Waals surface area (Å²) in [5.41, 5.74) is 1.03. The standard InChI is InChI=1S/C18H18F3NO3/c1-24-11-14-6-3-2-5-13(14)10-22-17(23)12-25-16-8-4-7-15(9-16)18(19,20)21/h2-9H,10-12H2,1H3,(H,22,23). The van der Waals surface area contributed by atoms with E-state index in [2.05, 4.69) is 5.32 Å². The maximum Gasteiger partial charge on any atom is 0.416 e. The van der Waals surface area contributed by atoms with Crippen molar-refractivity contribution in [2.24, 2.45) is 0 Å². The van der Waals surface area contributed by atoms with Crippen molar-refractivity contribution in [3.05, 3.63) is 65.2 Å². The van der Waals surface area contributed by atoms with E-state index in [9.17, 15) is 18.0 Å². The second-order valence-electron chi connectivity index (χ2n) is 5.29. The van der Waals surface area contributed by atoms with Crippen LogP contribution in [0.4, 0.5) is 13.2 Å². The van der Waals surface area contributed by atoms with E-state index in [4.69, 9.17) is 9.47 Å². The first kappa shape index (κ1) is 18.8. The van der Waals surface area contributed by atoms with Gasteiger partial charge in [-0.25, -0.2) is 0 Å². The lowest BCUT2D eigenvalue weighted by Gasteiger charge is -2.12. The molecule has 0 aliphatic heterocycles. The summed E-state index contributed by atoms with van der Waals surface area (Å²) in [6.45, 7) is 0.338. The predicted octanol–water partition coefficient (Wildman–Crippen LogP) is 3.55. The number of carbonyl (C=O) groups is 1. The minimum atomic E-state index is -4.45. The van der Waals surface area contributed by atoms with Gasteiger partial charge in [-0.05, 0) is 29.3 Å². The molecule has 2 aromatic carbocycles. The van der Waals surface area contributed by atoms with Crippen LogP contribution in [0.3, 0.4) is 0 Å². The monoisotopic (exact) mass is 353 g/mol. The summed E-state index contributed by atoms with van der Waals surface area (Å²) in [4.78, 5) is 11.9. The first-order chi connectivity index (χ1) is 11.9. The Labute approximate surface area is 143 Å². The third-order valence-corrected chi connectivity index (χ3v) is 3.43. The maximum absolute atomic E-state index is 12.6. The van der Waals surface area contributed by atoms with Gasteiger partial charge in [0.2, 0.25) is 0 Å². The number of rotatable bonds is 7. The number of hydrogen-bond acceptors (Lipinski definition) is 3. The molecule has 0 radical (unpaired) electrons. The summed E-state index contributed by atoms with van der Waals surface area (Å²) >= 11 is 0. The Morgan fingerprint density at radius 3 is 2.48 bits per heavy atom. The Hall–Kier alpha value is -2.54. The second-order valence-corrected chi connectivity index (χ2v) is 5.29. The molecular formula is C18H18F3NO3. The molecule has 0 unspecified atom stereocenters.